The summed E-state index contributed by atoms with van der Waals surface area (Å²) in [5.41, 5.74) is 45.6. The first-order chi connectivity index (χ1) is 60.3. The Morgan fingerprint density at radius 1 is 0.331 bits per heavy atom. The van der Waals surface area contributed by atoms with Crippen LogP contribution >= 0.6 is 0 Å². The standard InChI is InChI=1S/C25H30N.C24H27N2.C24H28N.C24H30N.C23H25N2/c1-17-13-18(2)19(3)23(14-17)25-16-21(15-20-9-5-6-10-20)22-11-7-8-12-24(22)26(25)4;1-16-11-17(2)18(3)21(12-16)23-13-19(14-24(4,5)15-25)20-9-7-8-10-22(20)26(23)6;1-16-13-17(2)18(3)21(14-16)24-15-22(19-9-5-6-10-19)20-11-7-8-12-23(20)25(24)4;1-16-12-17(2)18(3)21(13-16)23-14-19(15-24(4,5)6)20-10-8-9-11-22(20)25(23)7;1-15-12-16(2)17(3)19(13-15)22-14-20(23(4,5)24-6)18-10-8-9-11-21(18)25(22)7/h7-8,11-14,16,20H,5-6,9-10,15H2,1-4H3;7-13H,14H2,1-6H3;7-8,11-15,19H,5-6,9-10H2,1-4H3;8-14H,15H2,1-7H3;8-14H,1-5,7H3/q5*+1. The number of aryl methyl sites for hydroxylation is 15. The molecular weight excluding hydrogens is 1540 g/mol. The number of nitriles is 1. The van der Waals surface area contributed by atoms with Crippen molar-refractivity contribution in [2.45, 2.75) is 234 Å². The first-order valence-electron chi connectivity index (χ1n) is 46.5. The Balaban J connectivity index is 0.000000136. The number of rotatable bonds is 12. The molecule has 5 aromatic heterocycles. The predicted molar refractivity (Wildman–Crippen MR) is 537 cm³/mol. The van der Waals surface area contributed by atoms with Crippen molar-refractivity contribution in [1.82, 2.24) is 0 Å². The van der Waals surface area contributed by atoms with Crippen molar-refractivity contribution in [2.24, 2.45) is 52.0 Å². The highest BCUT2D eigenvalue weighted by molar-refractivity contribution is 5.88. The van der Waals surface area contributed by atoms with Gasteiger partial charge in [-0.1, -0.05) is 178 Å². The van der Waals surface area contributed by atoms with E-state index in [4.69, 9.17) is 6.57 Å². The Bertz CT molecular complexity index is 6810. The van der Waals surface area contributed by atoms with E-state index < -0.39 is 11.0 Å². The third-order valence-corrected chi connectivity index (χ3v) is 28.1. The second-order valence-electron chi connectivity index (χ2n) is 40.2. The molecule has 7 nitrogen and oxygen atoms in total. The summed E-state index contributed by atoms with van der Waals surface area (Å²) in [6.45, 7) is 55.7. The second-order valence-corrected chi connectivity index (χ2v) is 40.2. The van der Waals surface area contributed by atoms with Gasteiger partial charge in [-0.15, -0.1) is 0 Å². The maximum Gasteiger partial charge on any atom is 0.253 e. The molecule has 17 rings (SSSR count). The molecule has 0 amide bonds. The van der Waals surface area contributed by atoms with Crippen molar-refractivity contribution < 1.29 is 22.8 Å². The molecule has 0 bridgehead atoms. The number of aromatic nitrogens is 5. The van der Waals surface area contributed by atoms with Gasteiger partial charge >= 0.3 is 0 Å². The highest BCUT2D eigenvalue weighted by Gasteiger charge is 2.35. The van der Waals surface area contributed by atoms with Crippen LogP contribution in [0.25, 0.3) is 116 Å². The molecule has 0 atom stereocenters. The smallest absolute Gasteiger partial charge is 0.253 e. The van der Waals surface area contributed by atoms with Crippen molar-refractivity contribution in [3.63, 3.8) is 0 Å². The minimum Gasteiger partial charge on any atom is -0.306 e. The summed E-state index contributed by atoms with van der Waals surface area (Å²) in [4.78, 5) is 3.90. The van der Waals surface area contributed by atoms with Crippen molar-refractivity contribution in [3.8, 4) is 62.4 Å². The van der Waals surface area contributed by atoms with Crippen LogP contribution in [0.2, 0.25) is 0 Å². The van der Waals surface area contributed by atoms with E-state index >= 15 is 0 Å². The number of nitrogens with zero attached hydrogens (tertiary/aromatic N) is 7. The molecule has 0 radical (unpaired) electrons. The van der Waals surface area contributed by atoms with Crippen LogP contribution in [0.3, 0.4) is 0 Å². The summed E-state index contributed by atoms with van der Waals surface area (Å²) < 4.78 is 11.6. The molecule has 5 heterocycles. The molecule has 2 fully saturated rings. The van der Waals surface area contributed by atoms with E-state index in [0.717, 1.165) is 46.8 Å². The largest absolute Gasteiger partial charge is 0.306 e. The van der Waals surface area contributed by atoms with Crippen LogP contribution in [-0.4, -0.2) is 0 Å². The maximum atomic E-state index is 9.53. The third-order valence-electron chi connectivity index (χ3n) is 28.1. The molecule has 10 aromatic carbocycles. The molecule has 0 aliphatic heterocycles. The minimum atomic E-state index is -0.560. The summed E-state index contributed by atoms with van der Waals surface area (Å²) in [5, 5.41) is 16.1. The lowest BCUT2D eigenvalue weighted by atomic mass is 9.85. The molecule has 15 aromatic rings. The van der Waals surface area contributed by atoms with Gasteiger partial charge < -0.3 is 4.85 Å². The monoisotopic (exact) mass is 1680 g/mol. The van der Waals surface area contributed by atoms with E-state index in [1.165, 1.54) is 252 Å². The molecule has 2 aliphatic carbocycles. The quantitative estimate of drug-likeness (QED) is 0.0888. The van der Waals surface area contributed by atoms with Gasteiger partial charge in [-0.3, -0.25) is 0 Å². The van der Waals surface area contributed by atoms with Gasteiger partial charge in [-0.05, 0) is 306 Å². The second kappa shape index (κ2) is 38.4. The van der Waals surface area contributed by atoms with Crippen LogP contribution in [0.5, 0.6) is 0 Å². The lowest BCUT2D eigenvalue weighted by Gasteiger charge is -2.20. The summed E-state index contributed by atoms with van der Waals surface area (Å²) in [6.07, 6.45) is 14.1. The van der Waals surface area contributed by atoms with Crippen LogP contribution in [0.1, 0.15) is 217 Å². The average molecular weight is 1680 g/mol. The van der Waals surface area contributed by atoms with Crippen LogP contribution in [0.4, 0.5) is 0 Å². The van der Waals surface area contributed by atoms with Crippen molar-refractivity contribution in [1.29, 1.82) is 5.26 Å². The number of hydrogen-bond donors (Lipinski definition) is 0. The van der Waals surface area contributed by atoms with Crippen LogP contribution in [0, 0.1) is 139 Å². The van der Waals surface area contributed by atoms with Crippen LogP contribution < -0.4 is 22.8 Å². The Morgan fingerprint density at radius 3 is 0.945 bits per heavy atom. The summed E-state index contributed by atoms with van der Waals surface area (Å²) in [5.74, 6) is 1.58. The highest BCUT2D eigenvalue weighted by atomic mass is 15.0. The number of para-hydroxylation sites is 5. The minimum absolute atomic E-state index is 0.261. The Morgan fingerprint density at radius 2 is 0.606 bits per heavy atom. The van der Waals surface area contributed by atoms with Gasteiger partial charge in [0.25, 0.3) is 5.54 Å². The third kappa shape index (κ3) is 20.1. The van der Waals surface area contributed by atoms with Gasteiger partial charge in [0.1, 0.15) is 35.2 Å². The van der Waals surface area contributed by atoms with E-state index in [9.17, 15) is 5.26 Å². The van der Waals surface area contributed by atoms with Gasteiger partial charge in [0.05, 0.1) is 22.4 Å². The molecule has 0 saturated heterocycles. The van der Waals surface area contributed by atoms with E-state index in [1.54, 1.807) is 5.56 Å². The lowest BCUT2D eigenvalue weighted by molar-refractivity contribution is -0.633. The molecule has 2 saturated carbocycles. The predicted octanol–water partition coefficient (Wildman–Crippen LogP) is 28.5. The van der Waals surface area contributed by atoms with Crippen LogP contribution in [-0.2, 0) is 60.0 Å². The zero-order valence-corrected chi connectivity index (χ0v) is 81.8. The van der Waals surface area contributed by atoms with Crippen molar-refractivity contribution >= 4 is 54.5 Å². The zero-order valence-electron chi connectivity index (χ0n) is 81.8. The van der Waals surface area contributed by atoms with E-state index in [0.29, 0.717) is 0 Å². The fraction of sp³-hybridized carbons (Fsp3) is 0.358. The molecule has 0 spiro atoms. The summed E-state index contributed by atoms with van der Waals surface area (Å²) >= 11 is 0. The Labute approximate surface area is 761 Å². The number of pyridine rings is 5. The molecule has 2 aliphatic rings. The van der Waals surface area contributed by atoms with E-state index in [1.807, 2.05) is 33.8 Å². The topological polar surface area (TPSA) is 47.6 Å². The Kier molecular flexibility index (Phi) is 28.1. The number of benzene rings is 10. The highest BCUT2D eigenvalue weighted by Crippen LogP contribution is 2.42. The number of hydrogen-bond acceptors (Lipinski definition) is 1. The first kappa shape index (κ1) is 92.9. The fourth-order valence-corrected chi connectivity index (χ4v) is 20.5. The number of fused-ring (bicyclic) bond motifs is 5. The Hall–Kier alpha value is -11.8. The van der Waals surface area contributed by atoms with Crippen molar-refractivity contribution in [2.75, 3.05) is 0 Å². The fourth-order valence-electron chi connectivity index (χ4n) is 20.5. The van der Waals surface area contributed by atoms with E-state index in [-0.39, 0.29) is 5.41 Å². The zero-order chi connectivity index (χ0) is 91.6. The first-order valence-corrected chi connectivity index (χ1v) is 46.5. The normalized spacial score (nSPS) is 13.1. The van der Waals surface area contributed by atoms with Gasteiger partial charge in [0.2, 0.25) is 56.1 Å². The maximum absolute atomic E-state index is 9.53. The van der Waals surface area contributed by atoms with Crippen molar-refractivity contribution in [3.05, 3.63) is 335 Å². The average Bonchev–Trinajstić information content (AvgIpc) is 1.73. The lowest BCUT2D eigenvalue weighted by Crippen LogP contribution is -2.34. The summed E-state index contributed by atoms with van der Waals surface area (Å²) in [7, 11) is 10.9. The molecule has 0 N–H and O–H groups in total. The molecule has 127 heavy (non-hydrogen) atoms. The van der Waals surface area contributed by atoms with Crippen LogP contribution in [0.15, 0.2) is 212 Å². The van der Waals surface area contributed by atoms with Gasteiger partial charge in [-0.25, -0.2) is 6.57 Å². The summed E-state index contributed by atoms with van der Waals surface area (Å²) in [6, 6.07) is 80.7. The van der Waals surface area contributed by atoms with Gasteiger partial charge in [-0.2, -0.15) is 28.1 Å². The van der Waals surface area contributed by atoms with Gasteiger partial charge in [0, 0.05) is 124 Å². The molecular formula is C120H140N7+5. The SMILES string of the molecule is Cc1cc(C)c(C)c(-c2cc(C3CCCC3)c3ccccc3[n+]2C)c1.Cc1cc(C)c(C)c(-c2cc(CC(C)(C)C#N)c3ccccc3[n+]2C)c1.Cc1cc(C)c(C)c(-c2cc(CC(C)(C)C)c3ccccc3[n+]2C)c1.Cc1cc(C)c(C)c(-c2cc(CC3CCCC3)c3ccccc3[n+]2C)c1.[C-]#[N+]C(C)(C)c1cc(-c2cc(C)cc(C)c2C)[n+](C)c2ccccc12. The van der Waals surface area contributed by atoms with E-state index in [2.05, 4.69) is 400 Å². The molecule has 0 unspecified atom stereocenters. The molecule has 650 valence electrons. The molecule has 7 heteroatoms. The van der Waals surface area contributed by atoms with Gasteiger partial charge in [0.15, 0.2) is 0 Å².